The fourth-order valence-electron chi connectivity index (χ4n) is 5.68. The van der Waals surface area contributed by atoms with E-state index in [9.17, 15) is 30.0 Å². The van der Waals surface area contributed by atoms with Gasteiger partial charge in [-0.2, -0.15) is 0 Å². The van der Waals surface area contributed by atoms with Crippen molar-refractivity contribution in [3.63, 3.8) is 0 Å². The smallest absolute Gasteiger partial charge is 0.306 e. The summed E-state index contributed by atoms with van der Waals surface area (Å²) in [5.41, 5.74) is 0. The van der Waals surface area contributed by atoms with Crippen LogP contribution in [0, 0.1) is 0 Å². The molecule has 10 heteroatoms. The molecule has 1 aliphatic rings. The largest absolute Gasteiger partial charge is 0.462 e. The quantitative estimate of drug-likeness (QED) is 0.0281. The third kappa shape index (κ3) is 30.1. The molecule has 6 atom stereocenters. The second-order valence-electron chi connectivity index (χ2n) is 14.4. The normalized spacial score (nSPS) is 21.1. The van der Waals surface area contributed by atoms with Crippen molar-refractivity contribution in [2.75, 3.05) is 19.8 Å². The molecule has 0 aromatic heterocycles. The van der Waals surface area contributed by atoms with Gasteiger partial charge in [0.05, 0.1) is 13.2 Å². The van der Waals surface area contributed by atoms with Crippen LogP contribution in [-0.2, 0) is 28.5 Å². The Labute approximate surface area is 355 Å². The molecule has 0 aliphatic carbocycles. The second-order valence-corrected chi connectivity index (χ2v) is 14.4. The minimum absolute atomic E-state index is 0.133. The molecule has 2 unspecified atom stereocenters. The van der Waals surface area contributed by atoms with Crippen molar-refractivity contribution in [3.8, 4) is 0 Å². The molecule has 0 amide bonds. The number of esters is 2. The Hall–Kier alpha value is -3.64. The van der Waals surface area contributed by atoms with Crippen LogP contribution in [0.15, 0.2) is 109 Å². The molecule has 1 rings (SSSR count). The van der Waals surface area contributed by atoms with E-state index in [0.29, 0.717) is 25.7 Å². The van der Waals surface area contributed by atoms with Gasteiger partial charge in [0.15, 0.2) is 12.4 Å². The number of allylic oxidation sites excluding steroid dienone is 18. The molecule has 10 nitrogen and oxygen atoms in total. The number of hydrogen-bond donors (Lipinski definition) is 4. The first-order valence-electron chi connectivity index (χ1n) is 22.0. The highest BCUT2D eigenvalue weighted by Gasteiger charge is 2.44. The third-order valence-electron chi connectivity index (χ3n) is 9.14. The summed E-state index contributed by atoms with van der Waals surface area (Å²) in [6.45, 7) is 3.14. The second kappa shape index (κ2) is 38.6. The lowest BCUT2D eigenvalue weighted by molar-refractivity contribution is -0.305. The monoisotopic (exact) mass is 825 g/mol. The zero-order chi connectivity index (χ0) is 43.0. The third-order valence-corrected chi connectivity index (χ3v) is 9.14. The van der Waals surface area contributed by atoms with Gasteiger partial charge in [-0.25, -0.2) is 0 Å². The molecule has 0 radical (unpaired) electrons. The van der Waals surface area contributed by atoms with E-state index in [1.54, 1.807) is 0 Å². The summed E-state index contributed by atoms with van der Waals surface area (Å²) in [7, 11) is 0. The summed E-state index contributed by atoms with van der Waals surface area (Å²) in [6.07, 6.45) is 45.3. The van der Waals surface area contributed by atoms with Crippen LogP contribution >= 0.6 is 0 Å². The Kier molecular flexibility index (Phi) is 34.9. The van der Waals surface area contributed by atoms with Crippen molar-refractivity contribution in [2.24, 2.45) is 0 Å². The lowest BCUT2D eigenvalue weighted by Gasteiger charge is -2.39. The Morgan fingerprint density at radius 1 is 0.542 bits per heavy atom. The Bertz CT molecular complexity index is 1320. The van der Waals surface area contributed by atoms with Crippen LogP contribution in [0.3, 0.4) is 0 Å². The molecule has 59 heavy (non-hydrogen) atoms. The van der Waals surface area contributed by atoms with E-state index in [1.165, 1.54) is 19.3 Å². The summed E-state index contributed by atoms with van der Waals surface area (Å²) in [5, 5.41) is 40.0. The van der Waals surface area contributed by atoms with Gasteiger partial charge in [0.2, 0.25) is 0 Å². The number of ether oxygens (including phenoxy) is 4. The summed E-state index contributed by atoms with van der Waals surface area (Å²) < 4.78 is 22.0. The highest BCUT2D eigenvalue weighted by molar-refractivity contribution is 5.70. The van der Waals surface area contributed by atoms with Crippen LogP contribution in [0.5, 0.6) is 0 Å². The maximum Gasteiger partial charge on any atom is 0.306 e. The molecule has 1 fully saturated rings. The van der Waals surface area contributed by atoms with E-state index in [1.807, 2.05) is 12.2 Å². The lowest BCUT2D eigenvalue weighted by atomic mass is 9.99. The first-order chi connectivity index (χ1) is 28.8. The molecule has 0 bridgehead atoms. The molecule has 1 heterocycles. The molecular formula is C49H76O10. The topological polar surface area (TPSA) is 152 Å². The number of aliphatic hydroxyl groups excluding tert-OH is 4. The highest BCUT2D eigenvalue weighted by atomic mass is 16.7. The van der Waals surface area contributed by atoms with Crippen LogP contribution in [0.1, 0.15) is 129 Å². The Morgan fingerprint density at radius 2 is 0.983 bits per heavy atom. The van der Waals surface area contributed by atoms with Crippen LogP contribution in [0.2, 0.25) is 0 Å². The summed E-state index contributed by atoms with van der Waals surface area (Å²) in [5.74, 6) is -0.954. The predicted molar refractivity (Wildman–Crippen MR) is 237 cm³/mol. The maximum absolute atomic E-state index is 12.7. The molecule has 4 N–H and O–H groups in total. The minimum Gasteiger partial charge on any atom is -0.462 e. The molecule has 1 saturated heterocycles. The fraction of sp³-hybridized carbons (Fsp3) is 0.592. The fourth-order valence-corrected chi connectivity index (χ4v) is 5.68. The zero-order valence-electron chi connectivity index (χ0n) is 35.9. The summed E-state index contributed by atoms with van der Waals surface area (Å²) >= 11 is 0. The zero-order valence-corrected chi connectivity index (χ0v) is 35.9. The van der Waals surface area contributed by atoms with Crippen molar-refractivity contribution < 1.29 is 49.0 Å². The highest BCUT2D eigenvalue weighted by Crippen LogP contribution is 2.22. The lowest BCUT2D eigenvalue weighted by Crippen LogP contribution is -2.59. The number of unbranched alkanes of at least 4 members (excludes halogenated alkanes) is 5. The van der Waals surface area contributed by atoms with Gasteiger partial charge in [0.1, 0.15) is 31.0 Å². The van der Waals surface area contributed by atoms with Crippen molar-refractivity contribution in [3.05, 3.63) is 109 Å². The van der Waals surface area contributed by atoms with Gasteiger partial charge in [-0.1, -0.05) is 136 Å². The Balaban J connectivity index is 2.45. The van der Waals surface area contributed by atoms with Crippen molar-refractivity contribution in [2.45, 2.75) is 166 Å². The number of carbonyl (C=O) groups excluding carboxylic acids is 2. The van der Waals surface area contributed by atoms with E-state index >= 15 is 0 Å². The molecule has 0 aromatic carbocycles. The van der Waals surface area contributed by atoms with Gasteiger partial charge in [-0.15, -0.1) is 0 Å². The van der Waals surface area contributed by atoms with Crippen LogP contribution in [-0.4, -0.2) is 89.0 Å². The molecule has 1 aliphatic heterocycles. The van der Waals surface area contributed by atoms with Crippen LogP contribution < -0.4 is 0 Å². The van der Waals surface area contributed by atoms with E-state index in [2.05, 4.69) is 111 Å². The van der Waals surface area contributed by atoms with E-state index < -0.39 is 55.4 Å². The number of rotatable bonds is 34. The average molecular weight is 825 g/mol. The molecule has 0 aromatic rings. The number of hydrogen-bond acceptors (Lipinski definition) is 10. The standard InChI is InChI=1S/C49H76O10/c1-3-5-7-9-11-13-15-17-19-21-23-25-27-29-31-33-35-37-44(51)56-40-42(41-57-49-48(55)47(54)46(53)43(39-50)59-49)58-45(52)38-36-34-32-30-28-26-24-22-20-18-16-14-12-10-8-6-4-2/h6,8,11-14,17-20,23-26,29-32,42-43,46-50,53-55H,3-5,7,9-10,15-16,21-22,27-28,33-41H2,1-2H3/b8-6+,13-11+,14-12+,19-17+,20-18+,25-23+,26-24+,31-29+,32-30+/t42-,43-,46+,47?,48?,49-/m0/s1. The van der Waals surface area contributed by atoms with Crippen molar-refractivity contribution >= 4 is 11.9 Å². The first-order valence-corrected chi connectivity index (χ1v) is 22.0. The SMILES string of the molecule is CC/C=C/C/C=C/C/C=C/C/C=C/C/C=C/CCCC(=O)O[C@@H](COC(=O)CCC/C=C/C/C=C/C/C=C/C/C=C/CCCCC)CO[C@H]1O[C@@H](CO)[C@@H](O)C(O)C1O. The van der Waals surface area contributed by atoms with E-state index in [0.717, 1.165) is 57.8 Å². The van der Waals surface area contributed by atoms with Gasteiger partial charge in [-0.3, -0.25) is 9.59 Å². The molecule has 0 saturated carbocycles. The van der Waals surface area contributed by atoms with Crippen molar-refractivity contribution in [1.29, 1.82) is 0 Å². The maximum atomic E-state index is 12.7. The van der Waals surface area contributed by atoms with Gasteiger partial charge in [-0.05, 0) is 89.9 Å². The first kappa shape index (κ1) is 53.4. The van der Waals surface area contributed by atoms with Gasteiger partial charge in [0.25, 0.3) is 0 Å². The minimum atomic E-state index is -1.62. The predicted octanol–water partition coefficient (Wildman–Crippen LogP) is 9.33. The van der Waals surface area contributed by atoms with Crippen molar-refractivity contribution in [1.82, 2.24) is 0 Å². The molecule has 0 spiro atoms. The molecular weight excluding hydrogens is 749 g/mol. The van der Waals surface area contributed by atoms with Gasteiger partial charge < -0.3 is 39.4 Å². The average Bonchev–Trinajstić information content (AvgIpc) is 3.23. The molecule has 332 valence electrons. The van der Waals surface area contributed by atoms with Gasteiger partial charge in [0, 0.05) is 12.8 Å². The van der Waals surface area contributed by atoms with Crippen LogP contribution in [0.4, 0.5) is 0 Å². The Morgan fingerprint density at radius 3 is 1.44 bits per heavy atom. The van der Waals surface area contributed by atoms with E-state index in [-0.39, 0.29) is 26.1 Å². The number of carbonyl (C=O) groups is 2. The summed E-state index contributed by atoms with van der Waals surface area (Å²) in [4.78, 5) is 25.3. The summed E-state index contributed by atoms with van der Waals surface area (Å²) in [6, 6.07) is 0. The number of aliphatic hydroxyl groups is 4. The van der Waals surface area contributed by atoms with Crippen LogP contribution in [0.25, 0.3) is 0 Å². The van der Waals surface area contributed by atoms with E-state index in [4.69, 9.17) is 18.9 Å². The van der Waals surface area contributed by atoms with Gasteiger partial charge >= 0.3 is 11.9 Å².